The van der Waals surface area contributed by atoms with E-state index in [9.17, 15) is 0 Å². The van der Waals surface area contributed by atoms with Crippen molar-refractivity contribution in [1.82, 2.24) is 19.2 Å². The van der Waals surface area contributed by atoms with Gasteiger partial charge in [-0.15, -0.1) is 0 Å². The Morgan fingerprint density at radius 2 is 1.90 bits per heavy atom. The van der Waals surface area contributed by atoms with Gasteiger partial charge in [0.25, 0.3) is 0 Å². The first-order valence-electron chi connectivity index (χ1n) is 6.45. The SMILES string of the molecule is CC=O.Cc1cnn(Cc2cn3cc(C)ccc3n2)c1. The van der Waals surface area contributed by atoms with Crippen LogP contribution >= 0.6 is 0 Å². The number of hydrogen-bond donors (Lipinski definition) is 0. The molecule has 0 bridgehead atoms. The van der Waals surface area contributed by atoms with E-state index in [0.717, 1.165) is 17.6 Å². The molecule has 5 nitrogen and oxygen atoms in total. The zero-order chi connectivity index (χ0) is 14.5. The number of rotatable bonds is 2. The normalized spacial score (nSPS) is 10.2. The monoisotopic (exact) mass is 270 g/mol. The molecule has 0 amide bonds. The predicted octanol–water partition coefficient (Wildman–Crippen LogP) is 2.40. The van der Waals surface area contributed by atoms with Crippen LogP contribution in [0.2, 0.25) is 0 Å². The standard InChI is InChI=1S/C13H14N4.C2H4O/c1-10-3-4-13-15-12(8-16(13)6-10)9-17-7-11(2)5-14-17;1-2-3/h3-8H,9H2,1-2H3;2H,1H3. The summed E-state index contributed by atoms with van der Waals surface area (Å²) in [5.74, 6) is 0. The molecular weight excluding hydrogens is 252 g/mol. The maximum absolute atomic E-state index is 8.81. The number of pyridine rings is 1. The number of nitrogens with zero attached hydrogens (tertiary/aromatic N) is 4. The van der Waals surface area contributed by atoms with Crippen LogP contribution in [0.25, 0.3) is 5.65 Å². The van der Waals surface area contributed by atoms with Crippen molar-refractivity contribution >= 4 is 11.9 Å². The second kappa shape index (κ2) is 6.14. The summed E-state index contributed by atoms with van der Waals surface area (Å²) < 4.78 is 3.96. The molecule has 0 aliphatic carbocycles. The third-order valence-corrected chi connectivity index (χ3v) is 2.74. The zero-order valence-corrected chi connectivity index (χ0v) is 11.9. The highest BCUT2D eigenvalue weighted by molar-refractivity contribution is 5.44. The fourth-order valence-corrected chi connectivity index (χ4v) is 1.95. The number of carbonyl (C=O) groups excluding carboxylic acids is 1. The molecule has 0 radical (unpaired) electrons. The summed E-state index contributed by atoms with van der Waals surface area (Å²) in [5.41, 5.74) is 4.41. The van der Waals surface area contributed by atoms with Gasteiger partial charge in [0.1, 0.15) is 11.9 Å². The molecule has 0 aliphatic heterocycles. The second-order valence-electron chi connectivity index (χ2n) is 4.66. The summed E-state index contributed by atoms with van der Waals surface area (Å²) in [4.78, 5) is 13.4. The molecule has 0 N–H and O–H groups in total. The van der Waals surface area contributed by atoms with Crippen molar-refractivity contribution in [2.24, 2.45) is 0 Å². The topological polar surface area (TPSA) is 52.2 Å². The summed E-state index contributed by atoms with van der Waals surface area (Å²) in [7, 11) is 0. The van der Waals surface area contributed by atoms with Crippen molar-refractivity contribution in [3.05, 3.63) is 53.7 Å². The summed E-state index contributed by atoms with van der Waals surface area (Å²) in [6.45, 7) is 6.28. The van der Waals surface area contributed by atoms with Crippen molar-refractivity contribution in [3.63, 3.8) is 0 Å². The van der Waals surface area contributed by atoms with E-state index in [1.54, 1.807) is 0 Å². The van der Waals surface area contributed by atoms with Crippen molar-refractivity contribution in [3.8, 4) is 0 Å². The molecule has 3 heterocycles. The molecule has 3 rings (SSSR count). The minimum Gasteiger partial charge on any atom is -0.306 e. The lowest BCUT2D eigenvalue weighted by Gasteiger charge is -1.95. The lowest BCUT2D eigenvalue weighted by atomic mass is 10.3. The molecule has 3 aromatic rings. The van der Waals surface area contributed by atoms with Gasteiger partial charge < -0.3 is 9.20 Å². The number of aldehydes is 1. The zero-order valence-electron chi connectivity index (χ0n) is 11.9. The highest BCUT2D eigenvalue weighted by atomic mass is 16.1. The number of aryl methyl sites for hydroxylation is 2. The molecule has 104 valence electrons. The van der Waals surface area contributed by atoms with Crippen LogP contribution < -0.4 is 0 Å². The van der Waals surface area contributed by atoms with Gasteiger partial charge in [-0.25, -0.2) is 4.98 Å². The Morgan fingerprint density at radius 3 is 2.55 bits per heavy atom. The Bertz CT molecular complexity index is 712. The predicted molar refractivity (Wildman–Crippen MR) is 77.7 cm³/mol. The molecule has 5 heteroatoms. The van der Waals surface area contributed by atoms with Gasteiger partial charge in [-0.2, -0.15) is 5.10 Å². The van der Waals surface area contributed by atoms with Gasteiger partial charge >= 0.3 is 0 Å². The van der Waals surface area contributed by atoms with E-state index in [-0.39, 0.29) is 0 Å². The van der Waals surface area contributed by atoms with Gasteiger partial charge in [0.15, 0.2) is 0 Å². The number of carbonyl (C=O) groups is 1. The van der Waals surface area contributed by atoms with E-state index >= 15 is 0 Å². The molecule has 0 saturated carbocycles. The molecule has 0 atom stereocenters. The number of imidazole rings is 1. The summed E-state index contributed by atoms with van der Waals surface area (Å²) in [6, 6.07) is 4.11. The summed E-state index contributed by atoms with van der Waals surface area (Å²) in [5, 5.41) is 4.27. The van der Waals surface area contributed by atoms with Crippen LogP contribution in [-0.2, 0) is 11.3 Å². The van der Waals surface area contributed by atoms with Crippen LogP contribution in [-0.4, -0.2) is 25.5 Å². The minimum absolute atomic E-state index is 0.717. The quantitative estimate of drug-likeness (QED) is 0.672. The van der Waals surface area contributed by atoms with Crippen molar-refractivity contribution in [1.29, 1.82) is 0 Å². The first-order valence-corrected chi connectivity index (χ1v) is 6.45. The van der Waals surface area contributed by atoms with E-state index in [4.69, 9.17) is 4.79 Å². The summed E-state index contributed by atoms with van der Waals surface area (Å²) >= 11 is 0. The largest absolute Gasteiger partial charge is 0.306 e. The Kier molecular flexibility index (Phi) is 4.30. The van der Waals surface area contributed by atoms with E-state index < -0.39 is 0 Å². The number of fused-ring (bicyclic) bond motifs is 1. The van der Waals surface area contributed by atoms with Gasteiger partial charge in [-0.05, 0) is 38.0 Å². The third kappa shape index (κ3) is 3.32. The average molecular weight is 270 g/mol. The van der Waals surface area contributed by atoms with E-state index in [1.165, 1.54) is 18.1 Å². The molecule has 0 spiro atoms. The fraction of sp³-hybridized carbons (Fsp3) is 0.267. The van der Waals surface area contributed by atoms with E-state index in [0.29, 0.717) is 6.54 Å². The molecule has 20 heavy (non-hydrogen) atoms. The third-order valence-electron chi connectivity index (χ3n) is 2.74. The highest BCUT2D eigenvalue weighted by Gasteiger charge is 2.03. The van der Waals surface area contributed by atoms with Gasteiger partial charge in [-0.1, -0.05) is 6.07 Å². The fourth-order valence-electron chi connectivity index (χ4n) is 1.95. The maximum atomic E-state index is 8.81. The Labute approximate surface area is 117 Å². The van der Waals surface area contributed by atoms with Gasteiger partial charge in [0.2, 0.25) is 0 Å². The van der Waals surface area contributed by atoms with Crippen LogP contribution in [0.3, 0.4) is 0 Å². The average Bonchev–Trinajstić information content (AvgIpc) is 2.96. The number of hydrogen-bond acceptors (Lipinski definition) is 3. The minimum atomic E-state index is 0.717. The van der Waals surface area contributed by atoms with Crippen LogP contribution in [0, 0.1) is 13.8 Å². The molecule has 0 aromatic carbocycles. The summed E-state index contributed by atoms with van der Waals surface area (Å²) in [6.07, 6.45) is 8.77. The molecule has 0 saturated heterocycles. The van der Waals surface area contributed by atoms with Crippen LogP contribution in [0.4, 0.5) is 0 Å². The molecule has 0 fully saturated rings. The smallest absolute Gasteiger partial charge is 0.137 e. The first kappa shape index (κ1) is 14.0. The van der Waals surface area contributed by atoms with Crippen molar-refractivity contribution in [2.45, 2.75) is 27.3 Å². The van der Waals surface area contributed by atoms with Gasteiger partial charge in [0.05, 0.1) is 18.4 Å². The highest BCUT2D eigenvalue weighted by Crippen LogP contribution is 2.08. The Balaban J connectivity index is 0.000000452. The van der Waals surface area contributed by atoms with Gasteiger partial charge in [0, 0.05) is 18.6 Å². The van der Waals surface area contributed by atoms with E-state index in [1.807, 2.05) is 30.1 Å². The van der Waals surface area contributed by atoms with Gasteiger partial charge in [-0.3, -0.25) is 4.68 Å². The van der Waals surface area contributed by atoms with Crippen LogP contribution in [0.15, 0.2) is 36.9 Å². The molecule has 0 aliphatic rings. The van der Waals surface area contributed by atoms with Crippen molar-refractivity contribution < 1.29 is 4.79 Å². The molecule has 0 unspecified atom stereocenters. The lowest BCUT2D eigenvalue weighted by molar-refractivity contribution is -0.106. The number of aromatic nitrogens is 4. The second-order valence-corrected chi connectivity index (χ2v) is 4.66. The first-order chi connectivity index (χ1) is 9.62. The van der Waals surface area contributed by atoms with Crippen molar-refractivity contribution in [2.75, 3.05) is 0 Å². The maximum Gasteiger partial charge on any atom is 0.137 e. The lowest BCUT2D eigenvalue weighted by Crippen LogP contribution is -1.99. The molecule has 3 aromatic heterocycles. The van der Waals surface area contributed by atoms with Crippen LogP contribution in [0.5, 0.6) is 0 Å². The van der Waals surface area contributed by atoms with Crippen LogP contribution in [0.1, 0.15) is 23.7 Å². The Morgan fingerprint density at radius 1 is 1.15 bits per heavy atom. The molecular formula is C15H18N4O. The Hall–Kier alpha value is -2.43. The van der Waals surface area contributed by atoms with E-state index in [2.05, 4.69) is 39.9 Å².